The van der Waals surface area contributed by atoms with Gasteiger partial charge in [-0.2, -0.15) is 0 Å². The predicted molar refractivity (Wildman–Crippen MR) is 117 cm³/mol. The van der Waals surface area contributed by atoms with Gasteiger partial charge in [0, 0.05) is 0 Å². The summed E-state index contributed by atoms with van der Waals surface area (Å²) in [5.74, 6) is 0.343. The summed E-state index contributed by atoms with van der Waals surface area (Å²) in [5, 5.41) is 3.16. The number of allylic oxidation sites excluding steroid dienone is 1. The molecule has 0 aliphatic heterocycles. The summed E-state index contributed by atoms with van der Waals surface area (Å²) in [6, 6.07) is 7.34. The third-order valence-electron chi connectivity index (χ3n) is 4.65. The molecule has 0 fully saturated rings. The van der Waals surface area contributed by atoms with E-state index in [2.05, 4.69) is 37.3 Å². The average Bonchev–Trinajstić information content (AvgIpc) is 2.70. The molecule has 28 heavy (non-hydrogen) atoms. The first kappa shape index (κ1) is 21.4. The SMILES string of the molecule is C=Cc1c(C(=C)C)nc(NC(C=O)CCCC)n(-c2cccc(CC)c2)c1=O. The van der Waals surface area contributed by atoms with Gasteiger partial charge >= 0.3 is 0 Å². The van der Waals surface area contributed by atoms with Crippen LogP contribution in [0.15, 0.2) is 42.2 Å². The lowest BCUT2D eigenvalue weighted by molar-refractivity contribution is -0.108. The van der Waals surface area contributed by atoms with Crippen LogP contribution < -0.4 is 10.9 Å². The van der Waals surface area contributed by atoms with Gasteiger partial charge in [-0.3, -0.25) is 4.79 Å². The van der Waals surface area contributed by atoms with Crippen LogP contribution in [0.3, 0.4) is 0 Å². The summed E-state index contributed by atoms with van der Waals surface area (Å²) in [6.45, 7) is 13.7. The molecule has 1 atom stereocenters. The molecule has 1 N–H and O–H groups in total. The van der Waals surface area contributed by atoms with Crippen molar-refractivity contribution in [3.8, 4) is 5.69 Å². The number of nitrogens with zero attached hydrogens (tertiary/aromatic N) is 2. The second-order valence-corrected chi connectivity index (χ2v) is 6.88. The lowest BCUT2D eigenvalue weighted by atomic mass is 10.1. The van der Waals surface area contributed by atoms with Crippen LogP contribution in [0.2, 0.25) is 0 Å². The van der Waals surface area contributed by atoms with E-state index in [0.717, 1.165) is 31.1 Å². The predicted octanol–water partition coefficient (Wildman–Crippen LogP) is 4.64. The molecule has 0 saturated carbocycles. The Morgan fingerprint density at radius 3 is 2.68 bits per heavy atom. The van der Waals surface area contributed by atoms with Gasteiger partial charge in [0.25, 0.3) is 5.56 Å². The summed E-state index contributed by atoms with van der Waals surface area (Å²) in [7, 11) is 0. The zero-order chi connectivity index (χ0) is 20.7. The first-order valence-electron chi connectivity index (χ1n) is 9.73. The van der Waals surface area contributed by atoms with Gasteiger partial charge in [0.1, 0.15) is 6.29 Å². The molecule has 2 rings (SSSR count). The van der Waals surface area contributed by atoms with E-state index in [1.54, 1.807) is 6.92 Å². The third-order valence-corrected chi connectivity index (χ3v) is 4.65. The van der Waals surface area contributed by atoms with Crippen molar-refractivity contribution < 1.29 is 4.79 Å². The van der Waals surface area contributed by atoms with Crippen LogP contribution in [0.4, 0.5) is 5.95 Å². The van der Waals surface area contributed by atoms with Crippen LogP contribution in [0, 0.1) is 0 Å². The Morgan fingerprint density at radius 1 is 1.36 bits per heavy atom. The quantitative estimate of drug-likeness (QED) is 0.611. The molecule has 0 amide bonds. The zero-order valence-corrected chi connectivity index (χ0v) is 17.0. The van der Waals surface area contributed by atoms with Gasteiger partial charge in [0.15, 0.2) is 0 Å². The Labute approximate surface area is 166 Å². The first-order valence-corrected chi connectivity index (χ1v) is 9.73. The van der Waals surface area contributed by atoms with Crippen molar-refractivity contribution in [3.63, 3.8) is 0 Å². The number of aldehydes is 1. The number of benzene rings is 1. The minimum absolute atomic E-state index is 0.237. The molecule has 148 valence electrons. The lowest BCUT2D eigenvalue weighted by Crippen LogP contribution is -2.31. The van der Waals surface area contributed by atoms with Crippen LogP contribution in [-0.4, -0.2) is 21.9 Å². The minimum Gasteiger partial charge on any atom is -0.346 e. The van der Waals surface area contributed by atoms with Gasteiger partial charge < -0.3 is 10.1 Å². The van der Waals surface area contributed by atoms with Gasteiger partial charge in [0.2, 0.25) is 5.95 Å². The number of anilines is 1. The Balaban J connectivity index is 2.72. The molecule has 0 aliphatic carbocycles. The van der Waals surface area contributed by atoms with E-state index < -0.39 is 6.04 Å². The minimum atomic E-state index is -0.417. The van der Waals surface area contributed by atoms with E-state index in [1.807, 2.05) is 24.3 Å². The van der Waals surface area contributed by atoms with Gasteiger partial charge in [-0.25, -0.2) is 9.55 Å². The molecule has 1 aromatic carbocycles. The fraction of sp³-hybridized carbons (Fsp3) is 0.348. The smallest absolute Gasteiger partial charge is 0.267 e. The van der Waals surface area contributed by atoms with E-state index in [-0.39, 0.29) is 5.56 Å². The molecule has 1 aromatic heterocycles. The molecule has 0 aliphatic rings. The summed E-state index contributed by atoms with van der Waals surface area (Å²) < 4.78 is 1.52. The molecule has 5 nitrogen and oxygen atoms in total. The van der Waals surface area contributed by atoms with E-state index in [1.165, 1.54) is 10.6 Å². The molecule has 0 bridgehead atoms. The highest BCUT2D eigenvalue weighted by atomic mass is 16.1. The topological polar surface area (TPSA) is 64.0 Å². The van der Waals surface area contributed by atoms with Crippen LogP contribution in [-0.2, 0) is 11.2 Å². The fourth-order valence-electron chi connectivity index (χ4n) is 3.06. The number of aryl methyl sites for hydroxylation is 1. The maximum atomic E-state index is 13.3. The first-order chi connectivity index (χ1) is 13.5. The van der Waals surface area contributed by atoms with Crippen molar-refractivity contribution in [1.82, 2.24) is 9.55 Å². The average molecular weight is 380 g/mol. The Morgan fingerprint density at radius 2 is 2.11 bits per heavy atom. The number of rotatable bonds is 10. The molecule has 1 unspecified atom stereocenters. The Bertz CT molecular complexity index is 928. The highest BCUT2D eigenvalue weighted by molar-refractivity contribution is 5.70. The Hall–Kier alpha value is -2.95. The van der Waals surface area contributed by atoms with Crippen molar-refractivity contribution in [3.05, 3.63) is 64.6 Å². The van der Waals surface area contributed by atoms with Crippen LogP contribution in [0.5, 0.6) is 0 Å². The van der Waals surface area contributed by atoms with Crippen molar-refractivity contribution in [2.75, 3.05) is 5.32 Å². The van der Waals surface area contributed by atoms with Crippen molar-refractivity contribution >= 4 is 23.9 Å². The summed E-state index contributed by atoms with van der Waals surface area (Å²) in [4.78, 5) is 29.5. The highest BCUT2D eigenvalue weighted by Crippen LogP contribution is 2.21. The molecule has 0 spiro atoms. The van der Waals surface area contributed by atoms with Crippen molar-refractivity contribution in [1.29, 1.82) is 0 Å². The highest BCUT2D eigenvalue weighted by Gasteiger charge is 2.19. The van der Waals surface area contributed by atoms with E-state index in [0.29, 0.717) is 34.9 Å². The zero-order valence-electron chi connectivity index (χ0n) is 17.0. The van der Waals surface area contributed by atoms with Crippen LogP contribution in [0.1, 0.15) is 56.9 Å². The molecule has 0 saturated heterocycles. The summed E-state index contributed by atoms with van der Waals surface area (Å²) in [5.41, 5.74) is 3.13. The standard InChI is InChI=1S/C23H29N3O2/c1-6-9-12-18(15-27)24-23-25-21(16(4)5)20(8-3)22(28)26(23)19-13-10-11-17(7-2)14-19/h8,10-11,13-15,18H,3-4,6-7,9,12H2,1-2,5H3,(H,24,25). The number of hydrogen-bond acceptors (Lipinski definition) is 4. The van der Waals surface area contributed by atoms with Gasteiger partial charge in [-0.15, -0.1) is 0 Å². The normalized spacial score (nSPS) is 11.7. The van der Waals surface area contributed by atoms with E-state index in [4.69, 9.17) is 0 Å². The molecule has 0 radical (unpaired) electrons. The summed E-state index contributed by atoms with van der Waals surface area (Å²) >= 11 is 0. The summed E-state index contributed by atoms with van der Waals surface area (Å²) in [6.07, 6.45) is 5.80. The number of aromatic nitrogens is 2. The molecule has 2 aromatic rings. The maximum Gasteiger partial charge on any atom is 0.267 e. The monoisotopic (exact) mass is 379 g/mol. The Kier molecular flexibility index (Phi) is 7.50. The molecular weight excluding hydrogens is 350 g/mol. The number of unbranched alkanes of at least 4 members (excludes halogenated alkanes) is 1. The molecule has 1 heterocycles. The maximum absolute atomic E-state index is 13.3. The molecular formula is C23H29N3O2. The second-order valence-electron chi connectivity index (χ2n) is 6.88. The van der Waals surface area contributed by atoms with Crippen LogP contribution >= 0.6 is 0 Å². The van der Waals surface area contributed by atoms with Gasteiger partial charge in [-0.1, -0.05) is 58.1 Å². The number of carbonyl (C=O) groups excluding carboxylic acids is 1. The fourth-order valence-corrected chi connectivity index (χ4v) is 3.06. The van der Waals surface area contributed by atoms with Crippen molar-refractivity contribution in [2.45, 2.75) is 52.5 Å². The van der Waals surface area contributed by atoms with Gasteiger partial charge in [0.05, 0.1) is 23.0 Å². The number of hydrogen-bond donors (Lipinski definition) is 1. The number of carbonyl (C=O) groups is 1. The van der Waals surface area contributed by atoms with Gasteiger partial charge in [-0.05, 0) is 43.0 Å². The van der Waals surface area contributed by atoms with E-state index >= 15 is 0 Å². The number of nitrogens with one attached hydrogen (secondary N) is 1. The molecule has 5 heteroatoms. The largest absolute Gasteiger partial charge is 0.346 e. The van der Waals surface area contributed by atoms with E-state index in [9.17, 15) is 9.59 Å². The van der Waals surface area contributed by atoms with Crippen LogP contribution in [0.25, 0.3) is 17.3 Å². The third kappa shape index (κ3) is 4.66. The lowest BCUT2D eigenvalue weighted by Gasteiger charge is -2.20. The van der Waals surface area contributed by atoms with Crippen molar-refractivity contribution in [2.24, 2.45) is 0 Å². The second kappa shape index (κ2) is 9.83.